The van der Waals surface area contributed by atoms with Crippen molar-refractivity contribution in [3.8, 4) is 0 Å². The van der Waals surface area contributed by atoms with Crippen LogP contribution in [0.1, 0.15) is 24.1 Å². The number of nitrogens with one attached hydrogen (secondary N) is 1. The van der Waals surface area contributed by atoms with Gasteiger partial charge in [-0.3, -0.25) is 0 Å². The number of rotatable bonds is 5. The van der Waals surface area contributed by atoms with Gasteiger partial charge >= 0.3 is 0 Å². The summed E-state index contributed by atoms with van der Waals surface area (Å²) in [5.74, 6) is -0.268. The number of nitrogens with zero attached hydrogens (tertiary/aromatic N) is 2. The van der Waals surface area contributed by atoms with Gasteiger partial charge in [-0.1, -0.05) is 11.6 Å². The molecule has 1 aromatic carbocycles. The molecule has 19 heavy (non-hydrogen) atoms. The first-order valence-corrected chi connectivity index (χ1v) is 6.76. The van der Waals surface area contributed by atoms with Crippen LogP contribution in [0.15, 0.2) is 30.7 Å². The molecular weight excluding hydrogens is 265 g/mol. The van der Waals surface area contributed by atoms with Crippen molar-refractivity contribution in [3.63, 3.8) is 0 Å². The Labute approximate surface area is 116 Å². The second-order valence-corrected chi connectivity index (χ2v) is 5.34. The van der Waals surface area contributed by atoms with Crippen LogP contribution < -0.4 is 5.32 Å². The molecule has 3 rings (SSSR count). The Morgan fingerprint density at radius 2 is 2.26 bits per heavy atom. The fourth-order valence-electron chi connectivity index (χ4n) is 1.98. The van der Waals surface area contributed by atoms with Crippen LogP contribution in [0.4, 0.5) is 4.39 Å². The van der Waals surface area contributed by atoms with Crippen molar-refractivity contribution < 1.29 is 4.39 Å². The molecule has 1 heterocycles. The Morgan fingerprint density at radius 3 is 3.05 bits per heavy atom. The molecule has 0 spiro atoms. The van der Waals surface area contributed by atoms with Gasteiger partial charge in [0.1, 0.15) is 5.82 Å². The highest BCUT2D eigenvalue weighted by molar-refractivity contribution is 6.31. The molecule has 0 atom stereocenters. The largest absolute Gasteiger partial charge is 0.333 e. The normalized spacial score (nSPS) is 14.8. The van der Waals surface area contributed by atoms with E-state index in [0.29, 0.717) is 17.6 Å². The minimum absolute atomic E-state index is 0.268. The van der Waals surface area contributed by atoms with E-state index in [9.17, 15) is 4.39 Å². The van der Waals surface area contributed by atoms with E-state index < -0.39 is 0 Å². The minimum Gasteiger partial charge on any atom is -0.333 e. The monoisotopic (exact) mass is 279 g/mol. The topological polar surface area (TPSA) is 29.9 Å². The standard InChI is InChI=1S/C14H15ClFN3/c15-14-4-1-11(16)5-10(14)7-19-8-13(18-9-19)6-17-12-2-3-12/h1,4-5,8-9,12,17H,2-3,6-7H2. The van der Waals surface area contributed by atoms with Crippen LogP contribution in [0.25, 0.3) is 0 Å². The first-order valence-electron chi connectivity index (χ1n) is 6.38. The molecule has 0 aliphatic heterocycles. The minimum atomic E-state index is -0.268. The summed E-state index contributed by atoms with van der Waals surface area (Å²) in [6.45, 7) is 1.32. The molecule has 0 unspecified atom stereocenters. The Morgan fingerprint density at radius 1 is 1.42 bits per heavy atom. The highest BCUT2D eigenvalue weighted by atomic mass is 35.5. The summed E-state index contributed by atoms with van der Waals surface area (Å²) in [6, 6.07) is 5.08. The molecule has 0 radical (unpaired) electrons. The maximum absolute atomic E-state index is 13.2. The summed E-state index contributed by atoms with van der Waals surface area (Å²) in [4.78, 5) is 4.33. The van der Waals surface area contributed by atoms with Crippen LogP contribution >= 0.6 is 11.6 Å². The fourth-order valence-corrected chi connectivity index (χ4v) is 2.16. The van der Waals surface area contributed by atoms with E-state index in [1.165, 1.54) is 25.0 Å². The lowest BCUT2D eigenvalue weighted by Crippen LogP contribution is -2.15. The lowest BCUT2D eigenvalue weighted by atomic mass is 10.2. The molecule has 2 aromatic rings. The average molecular weight is 280 g/mol. The van der Waals surface area contributed by atoms with E-state index in [2.05, 4.69) is 10.3 Å². The molecule has 1 fully saturated rings. The quantitative estimate of drug-likeness (QED) is 0.912. The van der Waals surface area contributed by atoms with Crippen LogP contribution in [-0.2, 0) is 13.1 Å². The van der Waals surface area contributed by atoms with E-state index in [4.69, 9.17) is 11.6 Å². The second-order valence-electron chi connectivity index (χ2n) is 4.93. The van der Waals surface area contributed by atoms with Crippen molar-refractivity contribution in [1.29, 1.82) is 0 Å². The number of halogens is 2. The van der Waals surface area contributed by atoms with E-state index in [1.54, 1.807) is 12.4 Å². The molecule has 3 nitrogen and oxygen atoms in total. The summed E-state index contributed by atoms with van der Waals surface area (Å²) in [5.41, 5.74) is 1.76. The molecule has 0 amide bonds. The van der Waals surface area contributed by atoms with Crippen LogP contribution in [0.3, 0.4) is 0 Å². The molecule has 1 aliphatic rings. The molecular formula is C14H15ClFN3. The summed E-state index contributed by atoms with van der Waals surface area (Å²) < 4.78 is 15.1. The fraction of sp³-hybridized carbons (Fsp3) is 0.357. The van der Waals surface area contributed by atoms with Gasteiger partial charge in [0.05, 0.1) is 18.6 Å². The highest BCUT2D eigenvalue weighted by Gasteiger charge is 2.20. The zero-order valence-electron chi connectivity index (χ0n) is 10.4. The molecule has 0 bridgehead atoms. The lowest BCUT2D eigenvalue weighted by Gasteiger charge is -2.05. The Bertz CT molecular complexity index is 578. The third-order valence-electron chi connectivity index (χ3n) is 3.20. The molecule has 1 N–H and O–H groups in total. The van der Waals surface area contributed by atoms with E-state index in [0.717, 1.165) is 17.8 Å². The zero-order chi connectivity index (χ0) is 13.2. The highest BCUT2D eigenvalue weighted by Crippen LogP contribution is 2.20. The van der Waals surface area contributed by atoms with Crippen molar-refractivity contribution in [3.05, 3.63) is 52.8 Å². The SMILES string of the molecule is Fc1ccc(Cl)c(Cn2cnc(CNC3CC3)c2)c1. The van der Waals surface area contributed by atoms with E-state index in [1.807, 2.05) is 10.8 Å². The Hall–Kier alpha value is -1.39. The molecule has 1 aliphatic carbocycles. The number of hydrogen-bond acceptors (Lipinski definition) is 2. The van der Waals surface area contributed by atoms with E-state index in [-0.39, 0.29) is 5.82 Å². The number of hydrogen-bond donors (Lipinski definition) is 1. The Balaban J connectivity index is 1.66. The van der Waals surface area contributed by atoms with Gasteiger partial charge in [0.15, 0.2) is 0 Å². The van der Waals surface area contributed by atoms with Gasteiger partial charge in [0.25, 0.3) is 0 Å². The van der Waals surface area contributed by atoms with Crippen LogP contribution in [0.5, 0.6) is 0 Å². The maximum Gasteiger partial charge on any atom is 0.123 e. The van der Waals surface area contributed by atoms with Gasteiger partial charge < -0.3 is 9.88 Å². The van der Waals surface area contributed by atoms with Crippen molar-refractivity contribution >= 4 is 11.6 Å². The third kappa shape index (κ3) is 3.33. The van der Waals surface area contributed by atoms with Gasteiger partial charge in [-0.15, -0.1) is 0 Å². The second kappa shape index (κ2) is 5.31. The molecule has 5 heteroatoms. The summed E-state index contributed by atoms with van der Waals surface area (Å²) in [7, 11) is 0. The van der Waals surface area contributed by atoms with Crippen molar-refractivity contribution in [1.82, 2.24) is 14.9 Å². The van der Waals surface area contributed by atoms with Gasteiger partial charge in [-0.25, -0.2) is 9.37 Å². The van der Waals surface area contributed by atoms with Crippen LogP contribution in [-0.4, -0.2) is 15.6 Å². The van der Waals surface area contributed by atoms with E-state index >= 15 is 0 Å². The summed E-state index contributed by atoms with van der Waals surface area (Å²) in [6.07, 6.45) is 6.25. The number of benzene rings is 1. The first kappa shape index (κ1) is 12.6. The zero-order valence-corrected chi connectivity index (χ0v) is 11.2. The number of imidazole rings is 1. The van der Waals surface area contributed by atoms with Crippen molar-refractivity contribution in [2.45, 2.75) is 32.0 Å². The van der Waals surface area contributed by atoms with Gasteiger partial charge in [-0.2, -0.15) is 0 Å². The molecule has 100 valence electrons. The molecule has 1 saturated carbocycles. The predicted molar refractivity (Wildman–Crippen MR) is 72.6 cm³/mol. The molecule has 1 aromatic heterocycles. The van der Waals surface area contributed by atoms with Gasteiger partial charge in [0.2, 0.25) is 0 Å². The van der Waals surface area contributed by atoms with Crippen molar-refractivity contribution in [2.75, 3.05) is 0 Å². The maximum atomic E-state index is 13.2. The molecule has 0 saturated heterocycles. The smallest absolute Gasteiger partial charge is 0.123 e. The van der Waals surface area contributed by atoms with Gasteiger partial charge in [0, 0.05) is 23.8 Å². The Kier molecular flexibility index (Phi) is 3.53. The van der Waals surface area contributed by atoms with Crippen molar-refractivity contribution in [2.24, 2.45) is 0 Å². The lowest BCUT2D eigenvalue weighted by molar-refractivity contribution is 0.623. The number of aromatic nitrogens is 2. The van der Waals surface area contributed by atoms with Crippen LogP contribution in [0.2, 0.25) is 5.02 Å². The van der Waals surface area contributed by atoms with Crippen LogP contribution in [0, 0.1) is 5.82 Å². The summed E-state index contributed by atoms with van der Waals surface area (Å²) >= 11 is 6.05. The average Bonchev–Trinajstić information content (AvgIpc) is 3.12. The summed E-state index contributed by atoms with van der Waals surface area (Å²) in [5, 5.41) is 3.99. The first-order chi connectivity index (χ1) is 9.20. The third-order valence-corrected chi connectivity index (χ3v) is 3.57. The predicted octanol–water partition coefficient (Wildman–Crippen LogP) is 2.98. The van der Waals surface area contributed by atoms with Gasteiger partial charge in [-0.05, 0) is 36.6 Å².